The number of sulfonamides is 1. The minimum atomic E-state index is -3.50. The Kier molecular flexibility index (Phi) is 4.86. The van der Waals surface area contributed by atoms with Crippen molar-refractivity contribution in [2.24, 2.45) is 5.92 Å². The molecule has 0 bridgehead atoms. The van der Waals surface area contributed by atoms with Crippen molar-refractivity contribution in [2.45, 2.75) is 38.4 Å². The van der Waals surface area contributed by atoms with Gasteiger partial charge in [0.1, 0.15) is 0 Å². The number of aryl methyl sites for hydroxylation is 1. The van der Waals surface area contributed by atoms with Gasteiger partial charge in [0.2, 0.25) is 10.0 Å². The molecule has 1 saturated heterocycles. The van der Waals surface area contributed by atoms with E-state index in [1.54, 1.807) is 12.1 Å². The Balaban J connectivity index is 2.40. The molecule has 6 heteroatoms. The van der Waals surface area contributed by atoms with Gasteiger partial charge in [0, 0.05) is 18.3 Å². The summed E-state index contributed by atoms with van der Waals surface area (Å²) in [5, 5.41) is 10.4. The first kappa shape index (κ1) is 17.9. The second-order valence-corrected chi connectivity index (χ2v) is 14.2. The molecule has 124 valence electrons. The van der Waals surface area contributed by atoms with Gasteiger partial charge >= 0.3 is 0 Å². The van der Waals surface area contributed by atoms with Crippen LogP contribution in [0.2, 0.25) is 19.6 Å². The van der Waals surface area contributed by atoms with E-state index in [9.17, 15) is 13.7 Å². The molecular weight excluding hydrogens is 324 g/mol. The van der Waals surface area contributed by atoms with Gasteiger partial charge in [-0.25, -0.2) is 8.42 Å². The lowest BCUT2D eigenvalue weighted by Crippen LogP contribution is -2.29. The van der Waals surface area contributed by atoms with Crippen LogP contribution in [-0.2, 0) is 10.0 Å². The molecule has 23 heavy (non-hydrogen) atoms. The maximum absolute atomic E-state index is 12.8. The molecule has 1 aliphatic rings. The maximum Gasteiger partial charge on any atom is 0.243 e. The second-order valence-electron chi connectivity index (χ2n) is 7.27. The monoisotopic (exact) mass is 348 g/mol. The van der Waals surface area contributed by atoms with Crippen LogP contribution < -0.4 is 0 Å². The number of hydrogen-bond donors (Lipinski definition) is 0. The maximum atomic E-state index is 12.8. The van der Waals surface area contributed by atoms with Crippen molar-refractivity contribution >= 4 is 18.1 Å². The van der Waals surface area contributed by atoms with E-state index in [0.29, 0.717) is 18.0 Å². The van der Waals surface area contributed by atoms with Crippen molar-refractivity contribution in [2.75, 3.05) is 13.1 Å². The molecule has 0 N–H and O–H groups in total. The van der Waals surface area contributed by atoms with Crippen molar-refractivity contribution in [3.05, 3.63) is 40.6 Å². The molecule has 1 aliphatic heterocycles. The molecule has 4 nitrogen and oxygen atoms in total. The van der Waals surface area contributed by atoms with Gasteiger partial charge in [-0.3, -0.25) is 0 Å². The molecule has 0 amide bonds. The van der Waals surface area contributed by atoms with E-state index in [1.165, 1.54) is 4.31 Å². The minimum Gasteiger partial charge on any atom is -0.207 e. The third kappa shape index (κ3) is 3.57. The predicted molar refractivity (Wildman–Crippen MR) is 95.1 cm³/mol. The molecule has 0 saturated carbocycles. The highest BCUT2D eigenvalue weighted by Gasteiger charge is 2.37. The van der Waals surface area contributed by atoms with E-state index in [0.717, 1.165) is 16.3 Å². The normalized spacial score (nSPS) is 22.0. The summed E-state index contributed by atoms with van der Waals surface area (Å²) in [6.45, 7) is 11.1. The zero-order valence-corrected chi connectivity index (χ0v) is 16.2. The van der Waals surface area contributed by atoms with Crippen molar-refractivity contribution in [3.8, 4) is 6.07 Å². The van der Waals surface area contributed by atoms with Gasteiger partial charge in [0.15, 0.2) is 0 Å². The highest BCUT2D eigenvalue weighted by atomic mass is 32.2. The van der Waals surface area contributed by atoms with Crippen LogP contribution in [0.4, 0.5) is 0 Å². The fourth-order valence-electron chi connectivity index (χ4n) is 2.92. The summed E-state index contributed by atoms with van der Waals surface area (Å²) in [6, 6.07) is 9.28. The van der Waals surface area contributed by atoms with Crippen molar-refractivity contribution in [1.29, 1.82) is 5.26 Å². The van der Waals surface area contributed by atoms with Gasteiger partial charge in [-0.1, -0.05) is 44.3 Å². The number of hydrogen-bond acceptors (Lipinski definition) is 3. The molecule has 1 aromatic rings. The first-order valence-electron chi connectivity index (χ1n) is 7.78. The summed E-state index contributed by atoms with van der Waals surface area (Å²) in [7, 11) is -5.28. The summed E-state index contributed by atoms with van der Waals surface area (Å²) >= 11 is 0. The van der Waals surface area contributed by atoms with Crippen LogP contribution in [-0.4, -0.2) is 33.9 Å². The van der Waals surface area contributed by atoms with Gasteiger partial charge in [-0.15, -0.1) is 0 Å². The molecule has 1 fully saturated rings. The fraction of sp³-hybridized carbons (Fsp3) is 0.471. The molecule has 0 aromatic heterocycles. The van der Waals surface area contributed by atoms with Crippen LogP contribution in [0.1, 0.15) is 12.5 Å². The summed E-state index contributed by atoms with van der Waals surface area (Å²) in [4.78, 5) is 0.322. The smallest absolute Gasteiger partial charge is 0.207 e. The molecular formula is C17H24N2O2SSi. The number of rotatable bonds is 3. The Bertz CT molecular complexity index is 768. The van der Waals surface area contributed by atoms with Crippen LogP contribution in [0.3, 0.4) is 0 Å². The standard InChI is InChI=1S/C17H24N2O2SSi/c1-13-6-8-15(9-7-13)22(20,21)19-11-14(2)16(12-19)17(10-18)23(3,4)5/h6-9,14H,11-12H2,1-5H3/b17-16+. The molecule has 0 spiro atoms. The Morgan fingerprint density at radius 2 is 1.83 bits per heavy atom. The highest BCUT2D eigenvalue weighted by Crippen LogP contribution is 2.32. The van der Waals surface area contributed by atoms with Gasteiger partial charge < -0.3 is 0 Å². The lowest BCUT2D eigenvalue weighted by atomic mass is 10.1. The van der Waals surface area contributed by atoms with Crippen LogP contribution in [0, 0.1) is 24.2 Å². The molecule has 1 unspecified atom stereocenters. The number of allylic oxidation sites excluding steroid dienone is 1. The average Bonchev–Trinajstić information content (AvgIpc) is 2.81. The van der Waals surface area contributed by atoms with E-state index in [4.69, 9.17) is 0 Å². The van der Waals surface area contributed by atoms with Crippen molar-refractivity contribution < 1.29 is 8.42 Å². The number of benzene rings is 1. The molecule has 1 atom stereocenters. The van der Waals surface area contributed by atoms with Crippen molar-refractivity contribution in [1.82, 2.24) is 4.31 Å². The quantitative estimate of drug-likeness (QED) is 0.622. The predicted octanol–water partition coefficient (Wildman–Crippen LogP) is 3.33. The summed E-state index contributed by atoms with van der Waals surface area (Å²) in [6.07, 6.45) is 0. The third-order valence-electron chi connectivity index (χ3n) is 4.26. The third-order valence-corrected chi connectivity index (χ3v) is 8.02. The lowest BCUT2D eigenvalue weighted by Gasteiger charge is -2.19. The van der Waals surface area contributed by atoms with E-state index in [-0.39, 0.29) is 5.92 Å². The van der Waals surface area contributed by atoms with Crippen LogP contribution in [0.5, 0.6) is 0 Å². The lowest BCUT2D eigenvalue weighted by molar-refractivity contribution is 0.464. The van der Waals surface area contributed by atoms with Gasteiger partial charge in [-0.2, -0.15) is 9.57 Å². The summed E-state index contributed by atoms with van der Waals surface area (Å²) in [5.74, 6) is 0.0941. The minimum absolute atomic E-state index is 0.0941. The first-order chi connectivity index (χ1) is 10.6. The van der Waals surface area contributed by atoms with Crippen molar-refractivity contribution in [3.63, 3.8) is 0 Å². The summed E-state index contributed by atoms with van der Waals surface area (Å²) < 4.78 is 27.2. The SMILES string of the molecule is Cc1ccc(S(=O)(=O)N2C/C(=C(/C#N)[Si](C)(C)C)C(C)C2)cc1. The van der Waals surface area contributed by atoms with E-state index < -0.39 is 18.1 Å². The Hall–Kier alpha value is -1.42. The Labute approximate surface area is 140 Å². The average molecular weight is 349 g/mol. The molecule has 1 aromatic carbocycles. The molecule has 2 rings (SSSR count). The first-order valence-corrected chi connectivity index (χ1v) is 12.7. The zero-order valence-electron chi connectivity index (χ0n) is 14.4. The van der Waals surface area contributed by atoms with Crippen LogP contribution in [0.25, 0.3) is 0 Å². The van der Waals surface area contributed by atoms with Gasteiger partial charge in [0.05, 0.1) is 19.0 Å². The van der Waals surface area contributed by atoms with E-state index in [2.05, 4.69) is 25.7 Å². The van der Waals surface area contributed by atoms with E-state index >= 15 is 0 Å². The second kappa shape index (κ2) is 6.23. The zero-order chi connectivity index (χ0) is 17.4. The van der Waals surface area contributed by atoms with Crippen LogP contribution in [0.15, 0.2) is 39.9 Å². The highest BCUT2D eigenvalue weighted by molar-refractivity contribution is 7.89. The summed E-state index contributed by atoms with van der Waals surface area (Å²) in [5.41, 5.74) is 2.03. The number of nitrogens with zero attached hydrogens (tertiary/aromatic N) is 2. The number of nitriles is 1. The Morgan fingerprint density at radius 3 is 2.30 bits per heavy atom. The van der Waals surface area contributed by atoms with Gasteiger partial charge in [0.25, 0.3) is 0 Å². The molecule has 1 heterocycles. The Morgan fingerprint density at radius 1 is 1.26 bits per heavy atom. The fourth-order valence-corrected chi connectivity index (χ4v) is 6.05. The molecule has 0 aliphatic carbocycles. The topological polar surface area (TPSA) is 61.2 Å². The van der Waals surface area contributed by atoms with Gasteiger partial charge in [-0.05, 0) is 30.5 Å². The largest absolute Gasteiger partial charge is 0.243 e. The van der Waals surface area contributed by atoms with Crippen LogP contribution >= 0.6 is 0 Å². The van der Waals surface area contributed by atoms with E-state index in [1.807, 2.05) is 26.0 Å². The molecule has 0 radical (unpaired) electrons.